The van der Waals surface area contributed by atoms with Gasteiger partial charge in [0.25, 0.3) is 5.91 Å². The quantitative estimate of drug-likeness (QED) is 0.770. The van der Waals surface area contributed by atoms with Crippen LogP contribution in [0.4, 0.5) is 5.95 Å². The summed E-state index contributed by atoms with van der Waals surface area (Å²) < 4.78 is 5.69. The summed E-state index contributed by atoms with van der Waals surface area (Å²) in [6, 6.07) is 3.36. The lowest BCUT2D eigenvalue weighted by atomic mass is 10.0. The molecule has 7 heteroatoms. The Morgan fingerprint density at radius 2 is 2.30 bits per heavy atom. The highest BCUT2D eigenvalue weighted by molar-refractivity contribution is 6.06. The first-order chi connectivity index (χ1) is 9.46. The van der Waals surface area contributed by atoms with Crippen LogP contribution in [-0.4, -0.2) is 31.8 Å². The first-order valence-corrected chi connectivity index (χ1v) is 6.17. The van der Waals surface area contributed by atoms with E-state index in [0.29, 0.717) is 12.2 Å². The third-order valence-corrected chi connectivity index (χ3v) is 3.10. The molecule has 1 aromatic heterocycles. The highest BCUT2D eigenvalue weighted by Gasteiger charge is 2.33. The number of aromatic nitrogens is 3. The Kier molecular flexibility index (Phi) is 2.63. The van der Waals surface area contributed by atoms with E-state index >= 15 is 0 Å². The number of hydrogen-bond donors (Lipinski definition) is 3. The van der Waals surface area contributed by atoms with Gasteiger partial charge in [-0.2, -0.15) is 10.1 Å². The topological polar surface area (TPSA) is 100 Å². The molecule has 0 saturated heterocycles. The van der Waals surface area contributed by atoms with E-state index in [2.05, 4.69) is 20.5 Å². The highest BCUT2D eigenvalue weighted by Crippen LogP contribution is 2.43. The van der Waals surface area contributed by atoms with Gasteiger partial charge in [0.15, 0.2) is 11.5 Å². The summed E-state index contributed by atoms with van der Waals surface area (Å²) >= 11 is 0. The summed E-state index contributed by atoms with van der Waals surface area (Å²) in [7, 11) is 0. The summed E-state index contributed by atoms with van der Waals surface area (Å²) in [6.07, 6.45) is 1.98. The Bertz CT molecular complexity index is 665. The van der Waals surface area contributed by atoms with Gasteiger partial charge in [-0.1, -0.05) is 6.07 Å². The predicted octanol–water partition coefficient (Wildman–Crippen LogP) is 1.48. The van der Waals surface area contributed by atoms with Crippen LogP contribution in [0.3, 0.4) is 0 Å². The van der Waals surface area contributed by atoms with Gasteiger partial charge in [-0.15, -0.1) is 0 Å². The van der Waals surface area contributed by atoms with Crippen LogP contribution in [0.25, 0.3) is 0 Å². The van der Waals surface area contributed by atoms with Crippen LogP contribution in [0.15, 0.2) is 18.5 Å². The summed E-state index contributed by atoms with van der Waals surface area (Å²) in [5.74, 6) is -0.0307. The molecule has 0 fully saturated rings. The first-order valence-electron chi connectivity index (χ1n) is 6.17. The zero-order valence-corrected chi connectivity index (χ0v) is 11.1. The second-order valence-corrected chi connectivity index (χ2v) is 5.28. The number of carbonyl (C=O) groups is 1. The largest absolute Gasteiger partial charge is 0.504 e. The molecule has 3 N–H and O–H groups in total. The van der Waals surface area contributed by atoms with Gasteiger partial charge in [-0.3, -0.25) is 10.1 Å². The van der Waals surface area contributed by atoms with Crippen LogP contribution in [0, 0.1) is 0 Å². The molecular weight excluding hydrogens is 260 g/mol. The van der Waals surface area contributed by atoms with Crippen molar-refractivity contribution in [3.8, 4) is 11.5 Å². The lowest BCUT2D eigenvalue weighted by molar-refractivity contribution is 0.101. The molecule has 0 aliphatic carbocycles. The van der Waals surface area contributed by atoms with Gasteiger partial charge in [-0.05, 0) is 19.9 Å². The van der Waals surface area contributed by atoms with E-state index in [1.165, 1.54) is 6.33 Å². The van der Waals surface area contributed by atoms with E-state index in [1.54, 1.807) is 12.1 Å². The molecule has 104 valence electrons. The van der Waals surface area contributed by atoms with Gasteiger partial charge in [0.2, 0.25) is 5.95 Å². The molecule has 20 heavy (non-hydrogen) atoms. The molecule has 3 rings (SSSR count). The van der Waals surface area contributed by atoms with Crippen molar-refractivity contribution in [2.75, 3.05) is 5.32 Å². The summed E-state index contributed by atoms with van der Waals surface area (Å²) in [4.78, 5) is 15.9. The van der Waals surface area contributed by atoms with Crippen molar-refractivity contribution in [2.24, 2.45) is 0 Å². The van der Waals surface area contributed by atoms with Gasteiger partial charge in [0.05, 0.1) is 5.56 Å². The molecule has 7 nitrogen and oxygen atoms in total. The van der Waals surface area contributed by atoms with Gasteiger partial charge in [0, 0.05) is 12.0 Å². The van der Waals surface area contributed by atoms with Gasteiger partial charge >= 0.3 is 0 Å². The van der Waals surface area contributed by atoms with E-state index in [4.69, 9.17) is 4.74 Å². The number of amides is 1. The van der Waals surface area contributed by atoms with E-state index in [1.807, 2.05) is 13.8 Å². The number of aromatic amines is 1. The number of H-pyrrole nitrogens is 1. The minimum absolute atomic E-state index is 0.137. The second kappa shape index (κ2) is 4.22. The average molecular weight is 274 g/mol. The van der Waals surface area contributed by atoms with Crippen LogP contribution < -0.4 is 10.1 Å². The SMILES string of the molecule is CC1(C)Cc2ccc(C(=O)Nc3ncn[nH]3)c(O)c2O1. The summed E-state index contributed by atoms with van der Waals surface area (Å²) in [5, 5.41) is 18.9. The Balaban J connectivity index is 1.91. The number of nitrogens with zero attached hydrogens (tertiary/aromatic N) is 2. The number of fused-ring (bicyclic) bond motifs is 1. The molecule has 0 bridgehead atoms. The fourth-order valence-corrected chi connectivity index (χ4v) is 2.26. The maximum Gasteiger partial charge on any atom is 0.261 e. The number of aromatic hydroxyl groups is 1. The Morgan fingerprint density at radius 3 is 3.00 bits per heavy atom. The fourth-order valence-electron chi connectivity index (χ4n) is 2.26. The zero-order valence-electron chi connectivity index (χ0n) is 11.1. The lowest BCUT2D eigenvalue weighted by Gasteiger charge is -2.17. The van der Waals surface area contributed by atoms with Crippen LogP contribution in [0.5, 0.6) is 11.5 Å². The van der Waals surface area contributed by atoms with Gasteiger partial charge in [0.1, 0.15) is 11.9 Å². The van der Waals surface area contributed by atoms with Crippen molar-refractivity contribution in [3.63, 3.8) is 0 Å². The van der Waals surface area contributed by atoms with Crippen molar-refractivity contribution in [2.45, 2.75) is 25.9 Å². The van der Waals surface area contributed by atoms with Crippen molar-refractivity contribution in [1.82, 2.24) is 15.2 Å². The third-order valence-electron chi connectivity index (χ3n) is 3.10. The minimum Gasteiger partial charge on any atom is -0.504 e. The van der Waals surface area contributed by atoms with Crippen molar-refractivity contribution in [1.29, 1.82) is 0 Å². The van der Waals surface area contributed by atoms with E-state index in [-0.39, 0.29) is 22.9 Å². The number of rotatable bonds is 2. The average Bonchev–Trinajstić information content (AvgIpc) is 2.96. The number of ether oxygens (including phenoxy) is 1. The highest BCUT2D eigenvalue weighted by atomic mass is 16.5. The zero-order chi connectivity index (χ0) is 14.3. The van der Waals surface area contributed by atoms with Crippen molar-refractivity contribution >= 4 is 11.9 Å². The molecular formula is C13H14N4O3. The van der Waals surface area contributed by atoms with Gasteiger partial charge in [-0.25, -0.2) is 5.10 Å². The maximum atomic E-state index is 12.1. The Labute approximate surface area is 115 Å². The molecule has 2 aromatic rings. The molecule has 0 radical (unpaired) electrons. The molecule has 0 unspecified atom stereocenters. The molecule has 0 atom stereocenters. The van der Waals surface area contributed by atoms with Crippen LogP contribution in [-0.2, 0) is 6.42 Å². The fraction of sp³-hybridized carbons (Fsp3) is 0.308. The van der Waals surface area contributed by atoms with E-state index < -0.39 is 5.91 Å². The number of carbonyl (C=O) groups excluding carboxylic acids is 1. The number of anilines is 1. The van der Waals surface area contributed by atoms with Crippen molar-refractivity contribution < 1.29 is 14.6 Å². The standard InChI is InChI=1S/C13H14N4O3/c1-13(2)5-7-3-4-8(9(18)10(7)20-13)11(19)16-12-14-6-15-17-12/h3-4,6,18H,5H2,1-2H3,(H2,14,15,16,17,19). The number of phenols is 1. The second-order valence-electron chi connectivity index (χ2n) is 5.28. The summed E-state index contributed by atoms with van der Waals surface area (Å²) in [6.45, 7) is 3.86. The smallest absolute Gasteiger partial charge is 0.261 e. The van der Waals surface area contributed by atoms with E-state index in [0.717, 1.165) is 5.56 Å². The number of phenolic OH excluding ortho intramolecular Hbond substituents is 1. The molecule has 2 heterocycles. The molecule has 0 spiro atoms. The van der Waals surface area contributed by atoms with Crippen LogP contribution in [0.2, 0.25) is 0 Å². The number of hydrogen-bond acceptors (Lipinski definition) is 5. The molecule has 1 aliphatic rings. The lowest BCUT2D eigenvalue weighted by Crippen LogP contribution is -2.24. The Morgan fingerprint density at radius 1 is 1.50 bits per heavy atom. The number of benzene rings is 1. The van der Waals surface area contributed by atoms with Gasteiger partial charge < -0.3 is 9.84 Å². The van der Waals surface area contributed by atoms with Crippen LogP contribution >= 0.6 is 0 Å². The third kappa shape index (κ3) is 2.07. The predicted molar refractivity (Wildman–Crippen MR) is 70.9 cm³/mol. The summed E-state index contributed by atoms with van der Waals surface area (Å²) in [5.41, 5.74) is 0.654. The number of nitrogens with one attached hydrogen (secondary N) is 2. The van der Waals surface area contributed by atoms with Crippen molar-refractivity contribution in [3.05, 3.63) is 29.6 Å². The van der Waals surface area contributed by atoms with E-state index in [9.17, 15) is 9.90 Å². The first kappa shape index (κ1) is 12.5. The minimum atomic E-state index is -0.477. The molecule has 0 saturated carbocycles. The Hall–Kier alpha value is -2.57. The van der Waals surface area contributed by atoms with Crippen LogP contribution in [0.1, 0.15) is 29.8 Å². The normalized spacial score (nSPS) is 15.5. The molecule has 1 amide bonds. The monoisotopic (exact) mass is 274 g/mol. The maximum absolute atomic E-state index is 12.1. The molecule has 1 aromatic carbocycles. The molecule has 1 aliphatic heterocycles.